The number of anilines is 2. The van der Waals surface area contributed by atoms with Crippen LogP contribution in [0.25, 0.3) is 6.08 Å². The summed E-state index contributed by atoms with van der Waals surface area (Å²) in [4.78, 5) is 30.2. The third-order valence-electron chi connectivity index (χ3n) is 4.09. The first kappa shape index (κ1) is 22.8. The van der Waals surface area contributed by atoms with E-state index in [1.807, 2.05) is 12.1 Å². The van der Waals surface area contributed by atoms with Crippen molar-refractivity contribution >= 4 is 63.3 Å². The van der Waals surface area contributed by atoms with Crippen LogP contribution in [0.1, 0.15) is 18.2 Å². The number of carbonyl (C=O) groups excluding carboxylic acids is 2. The normalized spacial score (nSPS) is 10.8. The second-order valence-corrected chi connectivity index (χ2v) is 7.91. The molecule has 6 nitrogen and oxygen atoms in total. The number of amides is 1. The number of rotatable bonds is 7. The van der Waals surface area contributed by atoms with Gasteiger partial charge >= 0.3 is 5.97 Å². The number of thiazole rings is 1. The first-order valence-electron chi connectivity index (χ1n) is 9.07. The van der Waals surface area contributed by atoms with Gasteiger partial charge in [-0.3, -0.25) is 9.69 Å². The van der Waals surface area contributed by atoms with Crippen LogP contribution in [0.3, 0.4) is 0 Å². The zero-order valence-electron chi connectivity index (χ0n) is 16.7. The van der Waals surface area contributed by atoms with Crippen molar-refractivity contribution in [1.82, 2.24) is 4.98 Å². The van der Waals surface area contributed by atoms with Crippen LogP contribution in [0.5, 0.6) is 5.75 Å². The first-order chi connectivity index (χ1) is 14.9. The quantitative estimate of drug-likeness (QED) is 0.313. The predicted octanol–water partition coefficient (Wildman–Crippen LogP) is 5.90. The zero-order valence-corrected chi connectivity index (χ0v) is 19.0. The van der Waals surface area contributed by atoms with Gasteiger partial charge in [0.05, 0.1) is 28.5 Å². The monoisotopic (exact) mass is 476 g/mol. The molecule has 1 amide bonds. The molecule has 9 heteroatoms. The van der Waals surface area contributed by atoms with E-state index < -0.39 is 5.97 Å². The van der Waals surface area contributed by atoms with Gasteiger partial charge in [-0.05, 0) is 35.9 Å². The Morgan fingerprint density at radius 2 is 1.94 bits per heavy atom. The van der Waals surface area contributed by atoms with Crippen molar-refractivity contribution in [2.24, 2.45) is 0 Å². The molecule has 1 heterocycles. The second kappa shape index (κ2) is 10.4. The number of hydrogen-bond acceptors (Lipinski definition) is 6. The van der Waals surface area contributed by atoms with Crippen molar-refractivity contribution in [3.63, 3.8) is 0 Å². The summed E-state index contributed by atoms with van der Waals surface area (Å²) < 4.78 is 10.6. The maximum Gasteiger partial charge on any atom is 0.331 e. The van der Waals surface area contributed by atoms with Crippen molar-refractivity contribution in [3.8, 4) is 5.75 Å². The number of methoxy groups -OCH3 is 1. The highest BCUT2D eigenvalue weighted by atomic mass is 35.5. The molecule has 0 aliphatic heterocycles. The van der Waals surface area contributed by atoms with Gasteiger partial charge in [0.15, 0.2) is 5.13 Å². The Morgan fingerprint density at radius 3 is 2.65 bits per heavy atom. The van der Waals surface area contributed by atoms with E-state index in [1.165, 1.54) is 36.3 Å². The maximum absolute atomic E-state index is 12.3. The molecular weight excluding hydrogens is 459 g/mol. The standard InChI is InChI=1S/C22H18Cl2N2O4S/c1-14(27)26(19-5-3-4-6-20(19)29-2)22-25-16(13-31-22)12-30-21(28)10-8-15-7-9-17(23)18(24)11-15/h3-11,13H,12H2,1-2H3/b10-8+. The lowest BCUT2D eigenvalue weighted by Crippen LogP contribution is -2.23. The molecule has 3 rings (SSSR count). The van der Waals surface area contributed by atoms with E-state index in [0.717, 1.165) is 5.56 Å². The average molecular weight is 477 g/mol. The molecule has 0 atom stereocenters. The molecule has 160 valence electrons. The molecule has 31 heavy (non-hydrogen) atoms. The Labute approximate surface area is 193 Å². The van der Waals surface area contributed by atoms with Gasteiger partial charge in [0.2, 0.25) is 5.91 Å². The number of esters is 1. The van der Waals surface area contributed by atoms with Crippen molar-refractivity contribution < 1.29 is 19.1 Å². The molecule has 3 aromatic rings. The summed E-state index contributed by atoms with van der Waals surface area (Å²) >= 11 is 13.1. The van der Waals surface area contributed by atoms with Gasteiger partial charge in [0.25, 0.3) is 0 Å². The summed E-state index contributed by atoms with van der Waals surface area (Å²) in [6.07, 6.45) is 2.87. The summed E-state index contributed by atoms with van der Waals surface area (Å²) in [5.41, 5.74) is 1.83. The van der Waals surface area contributed by atoms with Crippen LogP contribution in [0.15, 0.2) is 53.9 Å². The summed E-state index contributed by atoms with van der Waals surface area (Å²) in [5.74, 6) is -0.200. The molecule has 0 bridgehead atoms. The van der Waals surface area contributed by atoms with Gasteiger partial charge in [-0.2, -0.15) is 0 Å². The number of benzene rings is 2. The van der Waals surface area contributed by atoms with E-state index in [4.69, 9.17) is 32.7 Å². The fourth-order valence-electron chi connectivity index (χ4n) is 2.66. The Bertz CT molecular complexity index is 1130. The van der Waals surface area contributed by atoms with Gasteiger partial charge < -0.3 is 9.47 Å². The van der Waals surface area contributed by atoms with E-state index in [0.29, 0.717) is 32.3 Å². The molecule has 0 unspecified atom stereocenters. The third kappa shape index (κ3) is 5.85. The summed E-state index contributed by atoms with van der Waals surface area (Å²) in [6, 6.07) is 12.2. The van der Waals surface area contributed by atoms with Crippen LogP contribution in [0.2, 0.25) is 10.0 Å². The highest BCUT2D eigenvalue weighted by molar-refractivity contribution is 7.14. The number of halogens is 2. The maximum atomic E-state index is 12.3. The van der Waals surface area contributed by atoms with Crippen molar-refractivity contribution in [2.75, 3.05) is 12.0 Å². The lowest BCUT2D eigenvalue weighted by Gasteiger charge is -2.20. The Balaban J connectivity index is 1.67. The van der Waals surface area contributed by atoms with E-state index >= 15 is 0 Å². The lowest BCUT2D eigenvalue weighted by atomic mass is 10.2. The Kier molecular flexibility index (Phi) is 7.68. The van der Waals surface area contributed by atoms with Crippen molar-refractivity contribution in [3.05, 3.63) is 75.2 Å². The Morgan fingerprint density at radius 1 is 1.16 bits per heavy atom. The van der Waals surface area contributed by atoms with E-state index in [2.05, 4.69) is 4.98 Å². The molecule has 0 N–H and O–H groups in total. The van der Waals surface area contributed by atoms with E-state index in [1.54, 1.807) is 41.8 Å². The molecule has 1 aromatic heterocycles. The minimum absolute atomic E-state index is 0.0291. The highest BCUT2D eigenvalue weighted by Gasteiger charge is 2.21. The summed E-state index contributed by atoms with van der Waals surface area (Å²) in [7, 11) is 1.54. The average Bonchev–Trinajstić information content (AvgIpc) is 3.21. The van der Waals surface area contributed by atoms with E-state index in [9.17, 15) is 9.59 Å². The van der Waals surface area contributed by atoms with Crippen LogP contribution in [0.4, 0.5) is 10.8 Å². The summed E-state index contributed by atoms with van der Waals surface area (Å²) in [5, 5.41) is 3.02. The van der Waals surface area contributed by atoms with Gasteiger partial charge in [-0.25, -0.2) is 9.78 Å². The van der Waals surface area contributed by atoms with Gasteiger partial charge in [-0.15, -0.1) is 11.3 Å². The fraction of sp³-hybridized carbons (Fsp3) is 0.136. The van der Waals surface area contributed by atoms with Crippen molar-refractivity contribution in [2.45, 2.75) is 13.5 Å². The van der Waals surface area contributed by atoms with E-state index in [-0.39, 0.29) is 12.5 Å². The zero-order chi connectivity index (χ0) is 22.4. The molecule has 0 spiro atoms. The molecule has 0 saturated carbocycles. The van der Waals surface area contributed by atoms with Crippen LogP contribution in [-0.2, 0) is 20.9 Å². The highest BCUT2D eigenvalue weighted by Crippen LogP contribution is 2.35. The molecule has 2 aromatic carbocycles. The first-order valence-corrected chi connectivity index (χ1v) is 10.7. The third-order valence-corrected chi connectivity index (χ3v) is 5.70. The molecule has 0 fully saturated rings. The van der Waals surface area contributed by atoms with Crippen LogP contribution in [0, 0.1) is 0 Å². The van der Waals surface area contributed by atoms with Crippen molar-refractivity contribution in [1.29, 1.82) is 0 Å². The number of para-hydroxylation sites is 2. The number of hydrogen-bond donors (Lipinski definition) is 0. The topological polar surface area (TPSA) is 68.7 Å². The second-order valence-electron chi connectivity index (χ2n) is 6.26. The molecule has 0 radical (unpaired) electrons. The molecule has 0 aliphatic carbocycles. The molecular formula is C22H18Cl2N2O4S. The summed E-state index contributed by atoms with van der Waals surface area (Å²) in [6.45, 7) is 1.42. The number of nitrogens with zero attached hydrogens (tertiary/aromatic N) is 2. The van der Waals surface area contributed by atoms with Crippen LogP contribution < -0.4 is 9.64 Å². The molecule has 0 saturated heterocycles. The number of ether oxygens (including phenoxy) is 2. The van der Waals surface area contributed by atoms with Gasteiger partial charge in [0.1, 0.15) is 12.4 Å². The minimum atomic E-state index is -0.534. The van der Waals surface area contributed by atoms with Gasteiger partial charge in [0, 0.05) is 18.4 Å². The molecule has 0 aliphatic rings. The van der Waals surface area contributed by atoms with Crippen LogP contribution >= 0.6 is 34.5 Å². The van der Waals surface area contributed by atoms with Gasteiger partial charge in [-0.1, -0.05) is 41.4 Å². The predicted molar refractivity (Wildman–Crippen MR) is 123 cm³/mol. The Hall–Kier alpha value is -2.87. The number of carbonyl (C=O) groups is 2. The largest absolute Gasteiger partial charge is 0.495 e. The smallest absolute Gasteiger partial charge is 0.331 e. The lowest BCUT2D eigenvalue weighted by molar-refractivity contribution is -0.139. The fourth-order valence-corrected chi connectivity index (χ4v) is 3.83. The number of aromatic nitrogens is 1. The van der Waals surface area contributed by atoms with Crippen LogP contribution in [-0.4, -0.2) is 24.0 Å². The SMILES string of the molecule is COc1ccccc1N(C(C)=O)c1nc(COC(=O)/C=C/c2ccc(Cl)c(Cl)c2)cs1. The minimum Gasteiger partial charge on any atom is -0.495 e.